The minimum absolute atomic E-state index is 0.0392. The van der Waals surface area contributed by atoms with E-state index in [1.54, 1.807) is 26.8 Å². The topological polar surface area (TPSA) is 59.8 Å². The molecule has 2 heterocycles. The molecule has 0 N–H and O–H groups in total. The average molecular weight is 389 g/mol. The van der Waals surface area contributed by atoms with E-state index in [-0.39, 0.29) is 17.9 Å². The molecule has 4 rings (SSSR count). The summed E-state index contributed by atoms with van der Waals surface area (Å²) in [6, 6.07) is 19.3. The van der Waals surface area contributed by atoms with Gasteiger partial charge in [0.2, 0.25) is 5.91 Å². The maximum Gasteiger partial charge on any atom is 0.341 e. The minimum atomic E-state index is -0.397. The number of amides is 1. The Morgan fingerprint density at radius 2 is 1.76 bits per heavy atom. The Morgan fingerprint density at radius 1 is 1.07 bits per heavy atom. The fraction of sp³-hybridized carbons (Fsp3) is 0.250. The summed E-state index contributed by atoms with van der Waals surface area (Å²) in [5, 5.41) is 0. The first-order valence-corrected chi connectivity index (χ1v) is 9.74. The van der Waals surface area contributed by atoms with Gasteiger partial charge in [0, 0.05) is 12.6 Å². The lowest BCUT2D eigenvalue weighted by Gasteiger charge is -2.27. The summed E-state index contributed by atoms with van der Waals surface area (Å²) in [7, 11) is 0. The molecule has 0 spiro atoms. The van der Waals surface area contributed by atoms with Crippen LogP contribution in [0.5, 0.6) is 0 Å². The number of para-hydroxylation sites is 1. The lowest BCUT2D eigenvalue weighted by atomic mass is 9.88. The molecule has 5 nitrogen and oxygen atoms in total. The quantitative estimate of drug-likeness (QED) is 0.589. The van der Waals surface area contributed by atoms with Crippen molar-refractivity contribution in [2.75, 3.05) is 11.5 Å². The normalized spacial score (nSPS) is 17.8. The molecule has 0 fully saturated rings. The van der Waals surface area contributed by atoms with Crippen molar-refractivity contribution in [3.8, 4) is 0 Å². The largest absolute Gasteiger partial charge is 0.465 e. The van der Waals surface area contributed by atoms with E-state index in [1.807, 2.05) is 59.5 Å². The first-order chi connectivity index (χ1) is 14.0. The summed E-state index contributed by atoms with van der Waals surface area (Å²) < 4.78 is 11.2. The van der Waals surface area contributed by atoms with Gasteiger partial charge in [0.05, 0.1) is 18.6 Å². The number of anilines is 1. The number of nitrogens with zero attached hydrogens (tertiary/aromatic N) is 1. The SMILES string of the molecule is CCOC(=O)c1cc([C@H]2c3ccccc3N(C(C)=O)[C@H]2c2ccccc2)oc1C. The van der Waals surface area contributed by atoms with Crippen LogP contribution in [0.2, 0.25) is 0 Å². The number of hydrogen-bond acceptors (Lipinski definition) is 4. The number of carbonyl (C=O) groups is 2. The molecule has 0 radical (unpaired) electrons. The number of fused-ring (bicyclic) bond motifs is 1. The lowest BCUT2D eigenvalue weighted by molar-refractivity contribution is -0.117. The maximum atomic E-state index is 12.7. The van der Waals surface area contributed by atoms with Gasteiger partial charge < -0.3 is 14.1 Å². The van der Waals surface area contributed by atoms with Crippen LogP contribution in [0.15, 0.2) is 65.1 Å². The molecule has 148 valence electrons. The number of rotatable bonds is 4. The van der Waals surface area contributed by atoms with Crippen molar-refractivity contribution >= 4 is 17.6 Å². The molecule has 1 amide bonds. The summed E-state index contributed by atoms with van der Waals surface area (Å²) in [5.74, 6) is 0.507. The first kappa shape index (κ1) is 19.0. The van der Waals surface area contributed by atoms with E-state index in [4.69, 9.17) is 9.15 Å². The number of benzene rings is 2. The van der Waals surface area contributed by atoms with Gasteiger partial charge in [0.15, 0.2) is 0 Å². The zero-order chi connectivity index (χ0) is 20.5. The molecule has 1 aliphatic heterocycles. The van der Waals surface area contributed by atoms with Crippen molar-refractivity contribution in [2.45, 2.75) is 32.7 Å². The lowest BCUT2D eigenvalue weighted by Crippen LogP contribution is -2.31. The zero-order valence-corrected chi connectivity index (χ0v) is 16.7. The second-order valence-electron chi connectivity index (χ2n) is 7.12. The highest BCUT2D eigenvalue weighted by Gasteiger charge is 2.44. The molecule has 0 saturated carbocycles. The number of hydrogen-bond donors (Lipinski definition) is 0. The average Bonchev–Trinajstić information content (AvgIpc) is 3.26. The van der Waals surface area contributed by atoms with Crippen molar-refractivity contribution in [1.82, 2.24) is 0 Å². The first-order valence-electron chi connectivity index (χ1n) is 9.74. The van der Waals surface area contributed by atoms with Crippen LogP contribution in [0.25, 0.3) is 0 Å². The maximum absolute atomic E-state index is 12.7. The molecule has 3 aromatic rings. The standard InChI is InChI=1S/C24H23NO4/c1-4-28-24(27)19-14-21(29-15(19)2)22-18-12-8-9-13-20(18)25(16(3)26)23(22)17-10-6-5-7-11-17/h5-14,22-23H,4H2,1-3H3/t22-,23+/m1/s1. The van der Waals surface area contributed by atoms with Gasteiger partial charge in [-0.1, -0.05) is 48.5 Å². The van der Waals surface area contributed by atoms with Gasteiger partial charge in [0.1, 0.15) is 17.1 Å². The Bertz CT molecular complexity index is 1050. The van der Waals surface area contributed by atoms with E-state index in [2.05, 4.69) is 0 Å². The van der Waals surface area contributed by atoms with Gasteiger partial charge >= 0.3 is 5.97 Å². The number of furan rings is 1. The van der Waals surface area contributed by atoms with Crippen LogP contribution in [0.4, 0.5) is 5.69 Å². The fourth-order valence-corrected chi connectivity index (χ4v) is 4.17. The zero-order valence-electron chi connectivity index (χ0n) is 16.7. The summed E-state index contributed by atoms with van der Waals surface area (Å²) in [6.45, 7) is 5.41. The predicted molar refractivity (Wildman–Crippen MR) is 110 cm³/mol. The molecular weight excluding hydrogens is 366 g/mol. The van der Waals surface area contributed by atoms with Crippen molar-refractivity contribution in [3.63, 3.8) is 0 Å². The van der Waals surface area contributed by atoms with Crippen LogP contribution >= 0.6 is 0 Å². The smallest absolute Gasteiger partial charge is 0.341 e. The van der Waals surface area contributed by atoms with Crippen molar-refractivity contribution in [3.05, 3.63) is 88.9 Å². The Morgan fingerprint density at radius 3 is 2.45 bits per heavy atom. The third-order valence-corrected chi connectivity index (χ3v) is 5.34. The molecule has 0 saturated heterocycles. The molecule has 29 heavy (non-hydrogen) atoms. The van der Waals surface area contributed by atoms with Gasteiger partial charge in [0.25, 0.3) is 0 Å². The highest BCUT2D eigenvalue weighted by molar-refractivity contribution is 5.96. The van der Waals surface area contributed by atoms with E-state index in [0.717, 1.165) is 16.8 Å². The van der Waals surface area contributed by atoms with Gasteiger partial charge in [-0.3, -0.25) is 4.79 Å². The number of esters is 1. The van der Waals surface area contributed by atoms with E-state index in [1.165, 1.54) is 0 Å². The molecule has 1 aliphatic rings. The summed E-state index contributed by atoms with van der Waals surface area (Å²) >= 11 is 0. The summed E-state index contributed by atoms with van der Waals surface area (Å²) in [4.78, 5) is 26.8. The van der Waals surface area contributed by atoms with E-state index in [0.29, 0.717) is 23.7 Å². The van der Waals surface area contributed by atoms with Crippen LogP contribution in [-0.4, -0.2) is 18.5 Å². The van der Waals surface area contributed by atoms with Gasteiger partial charge in [-0.15, -0.1) is 0 Å². The highest BCUT2D eigenvalue weighted by atomic mass is 16.5. The molecule has 1 aromatic heterocycles. The predicted octanol–water partition coefficient (Wildman–Crippen LogP) is 5.00. The van der Waals surface area contributed by atoms with E-state index >= 15 is 0 Å². The monoisotopic (exact) mass is 389 g/mol. The van der Waals surface area contributed by atoms with Crippen LogP contribution in [0, 0.1) is 6.92 Å². The second kappa shape index (κ2) is 7.59. The van der Waals surface area contributed by atoms with Gasteiger partial charge in [-0.2, -0.15) is 0 Å². The molecule has 0 aliphatic carbocycles. The molecule has 5 heteroatoms. The van der Waals surface area contributed by atoms with Gasteiger partial charge in [-0.05, 0) is 37.1 Å². The van der Waals surface area contributed by atoms with E-state index < -0.39 is 5.97 Å². The van der Waals surface area contributed by atoms with Crippen LogP contribution < -0.4 is 4.90 Å². The third-order valence-electron chi connectivity index (χ3n) is 5.34. The molecule has 2 atom stereocenters. The number of ether oxygens (including phenoxy) is 1. The van der Waals surface area contributed by atoms with Crippen molar-refractivity contribution in [2.24, 2.45) is 0 Å². The number of aryl methyl sites for hydroxylation is 1. The third kappa shape index (κ3) is 3.23. The Kier molecular flexibility index (Phi) is 4.97. The molecule has 0 bridgehead atoms. The van der Waals surface area contributed by atoms with Gasteiger partial charge in [-0.25, -0.2) is 4.79 Å². The molecule has 0 unspecified atom stereocenters. The van der Waals surface area contributed by atoms with Crippen molar-refractivity contribution < 1.29 is 18.7 Å². The molecule has 2 aromatic carbocycles. The summed E-state index contributed by atoms with van der Waals surface area (Å²) in [6.07, 6.45) is 0. The highest BCUT2D eigenvalue weighted by Crippen LogP contribution is 2.52. The minimum Gasteiger partial charge on any atom is -0.465 e. The second-order valence-corrected chi connectivity index (χ2v) is 7.12. The van der Waals surface area contributed by atoms with Crippen molar-refractivity contribution in [1.29, 1.82) is 0 Å². The molecular formula is C24H23NO4. The van der Waals surface area contributed by atoms with Crippen LogP contribution in [-0.2, 0) is 9.53 Å². The Hall–Kier alpha value is -3.34. The van der Waals surface area contributed by atoms with E-state index in [9.17, 15) is 9.59 Å². The van der Waals surface area contributed by atoms with Crippen LogP contribution in [0.3, 0.4) is 0 Å². The Balaban J connectivity index is 1.89. The Labute approximate surface area is 169 Å². The summed E-state index contributed by atoms with van der Waals surface area (Å²) in [5.41, 5.74) is 3.30. The van der Waals surface area contributed by atoms with Crippen LogP contribution in [0.1, 0.15) is 58.8 Å². The fourth-order valence-electron chi connectivity index (χ4n) is 4.17. The number of carbonyl (C=O) groups excluding carboxylic acids is 2.